The summed E-state index contributed by atoms with van der Waals surface area (Å²) in [5, 5.41) is 9.05. The van der Waals surface area contributed by atoms with Gasteiger partial charge in [-0.3, -0.25) is 9.00 Å². The number of carboxylic acids is 1. The second-order valence-electron chi connectivity index (χ2n) is 6.45. The van der Waals surface area contributed by atoms with Crippen molar-refractivity contribution in [2.75, 3.05) is 5.75 Å². The molecule has 1 N–H and O–H groups in total. The molecule has 0 aliphatic rings. The van der Waals surface area contributed by atoms with Crippen LogP contribution >= 0.6 is 0 Å². The molecule has 3 nitrogen and oxygen atoms in total. The molecule has 1 aromatic rings. The third-order valence-corrected chi connectivity index (χ3v) is 4.84. The number of benzene rings is 1. The predicted octanol–water partition coefficient (Wildman–Crippen LogP) is 3.20. The number of carbonyl (C=O) groups is 1. The maximum Gasteiger partial charge on any atom is 0.310 e. The number of rotatable bonds is 4. The van der Waals surface area contributed by atoms with E-state index >= 15 is 0 Å². The third-order valence-electron chi connectivity index (χ3n) is 3.05. The van der Waals surface area contributed by atoms with Crippen molar-refractivity contribution in [1.29, 1.82) is 0 Å². The van der Waals surface area contributed by atoms with E-state index in [0.717, 1.165) is 0 Å². The Labute approximate surface area is 117 Å². The molecule has 1 aromatic carbocycles. The summed E-state index contributed by atoms with van der Waals surface area (Å²) >= 11 is 0. The van der Waals surface area contributed by atoms with E-state index in [4.69, 9.17) is 5.11 Å². The van der Waals surface area contributed by atoms with Crippen LogP contribution in [0.15, 0.2) is 29.2 Å². The second kappa shape index (κ2) is 5.45. The summed E-state index contributed by atoms with van der Waals surface area (Å²) in [6.07, 6.45) is 0. The summed E-state index contributed by atoms with van der Waals surface area (Å²) in [6.45, 7) is 9.54. The third kappa shape index (κ3) is 4.16. The Kier molecular flexibility index (Phi) is 4.56. The molecule has 0 fully saturated rings. The van der Waals surface area contributed by atoms with Gasteiger partial charge in [0, 0.05) is 10.6 Å². The van der Waals surface area contributed by atoms with Crippen LogP contribution in [0.5, 0.6) is 0 Å². The van der Waals surface area contributed by atoms with Crippen LogP contribution in [0.3, 0.4) is 0 Å². The number of hydrogen-bond acceptors (Lipinski definition) is 2. The fraction of sp³-hybridized carbons (Fsp3) is 0.533. The minimum absolute atomic E-state index is 0.0559. The molecule has 19 heavy (non-hydrogen) atoms. The molecule has 1 atom stereocenters. The van der Waals surface area contributed by atoms with Crippen molar-refractivity contribution in [3.05, 3.63) is 29.8 Å². The molecule has 0 amide bonds. The van der Waals surface area contributed by atoms with Gasteiger partial charge < -0.3 is 5.11 Å². The molecule has 0 aliphatic heterocycles. The SMILES string of the molecule is CC(C)(CS(=O)c1ccc(C(C)(C)C)cc1)C(=O)O. The van der Waals surface area contributed by atoms with Gasteiger partial charge in [-0.1, -0.05) is 32.9 Å². The van der Waals surface area contributed by atoms with E-state index in [2.05, 4.69) is 20.8 Å². The highest BCUT2D eigenvalue weighted by Crippen LogP contribution is 2.25. The topological polar surface area (TPSA) is 54.4 Å². The van der Waals surface area contributed by atoms with Gasteiger partial charge in [-0.25, -0.2) is 0 Å². The minimum Gasteiger partial charge on any atom is -0.481 e. The highest BCUT2D eigenvalue weighted by atomic mass is 32.2. The van der Waals surface area contributed by atoms with Crippen LogP contribution < -0.4 is 0 Å². The first-order chi connectivity index (χ1) is 8.54. The fourth-order valence-corrected chi connectivity index (χ4v) is 2.96. The Morgan fingerprint density at radius 3 is 1.95 bits per heavy atom. The van der Waals surface area contributed by atoms with Gasteiger partial charge in [0.25, 0.3) is 0 Å². The van der Waals surface area contributed by atoms with Gasteiger partial charge in [0.2, 0.25) is 0 Å². The highest BCUT2D eigenvalue weighted by molar-refractivity contribution is 7.85. The molecular weight excluding hydrogens is 260 g/mol. The maximum absolute atomic E-state index is 12.2. The van der Waals surface area contributed by atoms with Crippen molar-refractivity contribution < 1.29 is 14.1 Å². The second-order valence-corrected chi connectivity index (χ2v) is 7.90. The lowest BCUT2D eigenvalue weighted by Gasteiger charge is -2.20. The van der Waals surface area contributed by atoms with Crippen molar-refractivity contribution in [2.45, 2.75) is 44.9 Å². The smallest absolute Gasteiger partial charge is 0.310 e. The summed E-state index contributed by atoms with van der Waals surface area (Å²) in [7, 11) is -1.29. The molecule has 0 spiro atoms. The molecule has 0 saturated heterocycles. The molecule has 0 saturated carbocycles. The molecule has 106 valence electrons. The summed E-state index contributed by atoms with van der Waals surface area (Å²) in [5.74, 6) is -0.802. The Morgan fingerprint density at radius 2 is 1.58 bits per heavy atom. The summed E-state index contributed by atoms with van der Waals surface area (Å²) in [5.41, 5.74) is 0.249. The van der Waals surface area contributed by atoms with Gasteiger partial charge in [-0.2, -0.15) is 0 Å². The molecule has 1 unspecified atom stereocenters. The van der Waals surface area contributed by atoms with E-state index < -0.39 is 22.2 Å². The first-order valence-corrected chi connectivity index (χ1v) is 7.58. The number of carboxylic acid groups (broad SMARTS) is 1. The molecule has 0 radical (unpaired) electrons. The molecule has 0 heterocycles. The number of aliphatic carboxylic acids is 1. The fourth-order valence-electron chi connectivity index (χ4n) is 1.58. The Hall–Kier alpha value is -1.16. The zero-order valence-corrected chi connectivity index (χ0v) is 13.0. The van der Waals surface area contributed by atoms with Crippen molar-refractivity contribution in [3.63, 3.8) is 0 Å². The van der Waals surface area contributed by atoms with Gasteiger partial charge in [-0.05, 0) is 37.0 Å². The van der Waals surface area contributed by atoms with E-state index in [1.54, 1.807) is 13.8 Å². The lowest BCUT2D eigenvalue weighted by molar-refractivity contribution is -0.145. The zero-order valence-electron chi connectivity index (χ0n) is 12.2. The van der Waals surface area contributed by atoms with Crippen molar-refractivity contribution >= 4 is 16.8 Å². The van der Waals surface area contributed by atoms with Crippen LogP contribution in [0.1, 0.15) is 40.2 Å². The Morgan fingerprint density at radius 1 is 1.11 bits per heavy atom. The van der Waals surface area contributed by atoms with Crippen LogP contribution in [0.4, 0.5) is 0 Å². The van der Waals surface area contributed by atoms with Gasteiger partial charge in [-0.15, -0.1) is 0 Å². The maximum atomic E-state index is 12.2. The van der Waals surface area contributed by atoms with Crippen molar-refractivity contribution in [2.24, 2.45) is 5.41 Å². The van der Waals surface area contributed by atoms with Gasteiger partial charge in [0.05, 0.1) is 16.2 Å². The quantitative estimate of drug-likeness (QED) is 0.922. The molecule has 0 bridgehead atoms. The van der Waals surface area contributed by atoms with Gasteiger partial charge >= 0.3 is 5.97 Å². The van der Waals surface area contributed by atoms with Gasteiger partial charge in [0.1, 0.15) is 0 Å². The van der Waals surface area contributed by atoms with Crippen molar-refractivity contribution in [1.82, 2.24) is 0 Å². The first kappa shape index (κ1) is 15.9. The molecule has 1 rings (SSSR count). The summed E-state index contributed by atoms with van der Waals surface area (Å²) < 4.78 is 12.2. The average molecular weight is 282 g/mol. The summed E-state index contributed by atoms with van der Waals surface area (Å²) in [4.78, 5) is 11.7. The van der Waals surface area contributed by atoms with E-state index in [0.29, 0.717) is 4.90 Å². The normalized spacial score (nSPS) is 14.2. The van der Waals surface area contributed by atoms with E-state index in [9.17, 15) is 9.00 Å². The predicted molar refractivity (Wildman–Crippen MR) is 77.8 cm³/mol. The number of hydrogen-bond donors (Lipinski definition) is 1. The monoisotopic (exact) mass is 282 g/mol. The van der Waals surface area contributed by atoms with Crippen LogP contribution in [0, 0.1) is 5.41 Å². The largest absolute Gasteiger partial charge is 0.481 e. The van der Waals surface area contributed by atoms with Crippen LogP contribution in [0.2, 0.25) is 0 Å². The Bertz CT molecular complexity index is 481. The Balaban J connectivity index is 2.88. The molecule has 0 aromatic heterocycles. The highest BCUT2D eigenvalue weighted by Gasteiger charge is 2.30. The van der Waals surface area contributed by atoms with E-state index in [1.165, 1.54) is 5.56 Å². The zero-order chi connectivity index (χ0) is 14.8. The molecular formula is C15H22O3S. The van der Waals surface area contributed by atoms with Crippen molar-refractivity contribution in [3.8, 4) is 0 Å². The lowest BCUT2D eigenvalue weighted by Crippen LogP contribution is -2.30. The van der Waals surface area contributed by atoms with E-state index in [-0.39, 0.29) is 11.2 Å². The average Bonchev–Trinajstić information content (AvgIpc) is 2.27. The van der Waals surface area contributed by atoms with Crippen LogP contribution in [-0.2, 0) is 21.0 Å². The summed E-state index contributed by atoms with van der Waals surface area (Å²) in [6, 6.07) is 7.57. The van der Waals surface area contributed by atoms with E-state index in [1.807, 2.05) is 24.3 Å². The van der Waals surface area contributed by atoms with Crippen LogP contribution in [0.25, 0.3) is 0 Å². The standard InChI is InChI=1S/C15H22O3S/c1-14(2,3)11-6-8-12(9-7-11)19(18)10-15(4,5)13(16)17/h6-9H,10H2,1-5H3,(H,16,17). The minimum atomic E-state index is -1.29. The van der Waals surface area contributed by atoms with Gasteiger partial charge in [0.15, 0.2) is 0 Å². The van der Waals surface area contributed by atoms with Crippen LogP contribution in [-0.4, -0.2) is 21.0 Å². The molecule has 0 aliphatic carbocycles. The molecule has 4 heteroatoms. The first-order valence-electron chi connectivity index (χ1n) is 6.26. The lowest BCUT2D eigenvalue weighted by atomic mass is 9.87.